The zero-order valence-corrected chi connectivity index (χ0v) is 10.4. The van der Waals surface area contributed by atoms with Crippen molar-refractivity contribution >= 4 is 11.8 Å². The molecule has 0 aliphatic heterocycles. The van der Waals surface area contributed by atoms with Gasteiger partial charge in [0.15, 0.2) is 0 Å². The lowest BCUT2D eigenvalue weighted by Gasteiger charge is -2.12. The molecule has 0 bridgehead atoms. The maximum absolute atomic E-state index is 11.7. The van der Waals surface area contributed by atoms with Crippen LogP contribution in [0.2, 0.25) is 0 Å². The first kappa shape index (κ1) is 12.6. The first-order valence-corrected chi connectivity index (χ1v) is 6.19. The first-order valence-electron chi connectivity index (χ1n) is 6.19. The molecule has 18 heavy (non-hydrogen) atoms. The van der Waals surface area contributed by atoms with E-state index < -0.39 is 0 Å². The van der Waals surface area contributed by atoms with Gasteiger partial charge in [0.2, 0.25) is 11.8 Å². The minimum absolute atomic E-state index is 0.0543. The zero-order chi connectivity index (χ0) is 13.0. The topological polar surface area (TPSA) is 76.0 Å². The number of hydrogen-bond acceptors (Lipinski definition) is 3. The molecule has 0 aromatic carbocycles. The van der Waals surface area contributed by atoms with Crippen LogP contribution in [0.25, 0.3) is 0 Å². The monoisotopic (exact) mass is 250 g/mol. The lowest BCUT2D eigenvalue weighted by molar-refractivity contribution is -0.128. The first-order chi connectivity index (χ1) is 8.65. The van der Waals surface area contributed by atoms with E-state index >= 15 is 0 Å². The van der Waals surface area contributed by atoms with E-state index in [1.807, 2.05) is 19.2 Å². The predicted octanol–water partition coefficient (Wildman–Crippen LogP) is -0.0860. The van der Waals surface area contributed by atoms with E-state index in [1.54, 1.807) is 10.9 Å². The Hall–Kier alpha value is -1.85. The van der Waals surface area contributed by atoms with Gasteiger partial charge in [0.25, 0.3) is 0 Å². The number of carbonyl (C=O) groups is 2. The van der Waals surface area contributed by atoms with Gasteiger partial charge in [-0.1, -0.05) is 6.92 Å². The summed E-state index contributed by atoms with van der Waals surface area (Å²) in [6.07, 6.45) is 5.59. The third-order valence-electron chi connectivity index (χ3n) is 2.83. The number of amides is 2. The van der Waals surface area contributed by atoms with Crippen molar-refractivity contribution in [3.63, 3.8) is 0 Å². The minimum atomic E-state index is -0.210. The highest BCUT2D eigenvalue weighted by Gasteiger charge is 2.23. The quantitative estimate of drug-likeness (QED) is 0.741. The highest BCUT2D eigenvalue weighted by molar-refractivity contribution is 5.85. The maximum Gasteiger partial charge on any atom is 0.239 e. The van der Waals surface area contributed by atoms with Gasteiger partial charge in [-0.15, -0.1) is 0 Å². The van der Waals surface area contributed by atoms with Gasteiger partial charge in [0.05, 0.1) is 19.0 Å². The summed E-state index contributed by atoms with van der Waals surface area (Å²) in [7, 11) is 0. The average molecular weight is 250 g/mol. The van der Waals surface area contributed by atoms with Crippen molar-refractivity contribution in [1.29, 1.82) is 0 Å². The van der Waals surface area contributed by atoms with Crippen molar-refractivity contribution in [2.75, 3.05) is 6.54 Å². The van der Waals surface area contributed by atoms with Crippen LogP contribution >= 0.6 is 0 Å². The van der Waals surface area contributed by atoms with Crippen LogP contribution in [-0.4, -0.2) is 34.2 Å². The summed E-state index contributed by atoms with van der Waals surface area (Å²) in [5, 5.41) is 9.50. The van der Waals surface area contributed by atoms with Gasteiger partial charge in [0.1, 0.15) is 0 Å². The number of nitrogens with zero attached hydrogens (tertiary/aromatic N) is 2. The highest BCUT2D eigenvalue weighted by atomic mass is 16.2. The Morgan fingerprint density at radius 2 is 2.28 bits per heavy atom. The Bertz CT molecular complexity index is 412. The molecule has 1 atom stereocenters. The fourth-order valence-corrected chi connectivity index (χ4v) is 1.62. The zero-order valence-electron chi connectivity index (χ0n) is 10.4. The summed E-state index contributed by atoms with van der Waals surface area (Å²) < 4.78 is 1.70. The van der Waals surface area contributed by atoms with Crippen LogP contribution in [-0.2, 0) is 16.1 Å². The molecule has 1 aliphatic rings. The number of rotatable bonds is 6. The normalized spacial score (nSPS) is 16.1. The Balaban J connectivity index is 1.68. The van der Waals surface area contributed by atoms with E-state index in [4.69, 9.17) is 0 Å². The van der Waals surface area contributed by atoms with Crippen molar-refractivity contribution in [3.8, 4) is 0 Å². The van der Waals surface area contributed by atoms with Crippen molar-refractivity contribution in [3.05, 3.63) is 18.5 Å². The van der Waals surface area contributed by atoms with E-state index in [1.165, 1.54) is 0 Å². The van der Waals surface area contributed by atoms with Crippen LogP contribution in [0.3, 0.4) is 0 Å². The van der Waals surface area contributed by atoms with E-state index in [9.17, 15) is 9.59 Å². The lowest BCUT2D eigenvalue weighted by atomic mass is 10.1. The molecule has 2 N–H and O–H groups in total. The molecule has 1 aliphatic carbocycles. The van der Waals surface area contributed by atoms with Gasteiger partial charge in [-0.05, 0) is 18.9 Å². The molecule has 6 nitrogen and oxygen atoms in total. The number of nitrogens with one attached hydrogen (secondary N) is 2. The second kappa shape index (κ2) is 5.66. The molecule has 0 radical (unpaired) electrons. The molecule has 1 heterocycles. The summed E-state index contributed by atoms with van der Waals surface area (Å²) in [5.41, 5.74) is 0. The van der Waals surface area contributed by atoms with Gasteiger partial charge in [-0.3, -0.25) is 14.3 Å². The van der Waals surface area contributed by atoms with Crippen molar-refractivity contribution in [2.45, 2.75) is 32.4 Å². The number of aromatic nitrogens is 2. The Kier molecular flexibility index (Phi) is 3.96. The summed E-state index contributed by atoms with van der Waals surface area (Å²) in [4.78, 5) is 23.1. The highest BCUT2D eigenvalue weighted by Crippen LogP contribution is 2.18. The largest absolute Gasteiger partial charge is 0.352 e. The molecule has 2 amide bonds. The molecular weight excluding hydrogens is 232 g/mol. The van der Waals surface area contributed by atoms with Crippen LogP contribution in [0, 0.1) is 5.92 Å². The second-order valence-corrected chi connectivity index (χ2v) is 4.69. The van der Waals surface area contributed by atoms with Gasteiger partial charge in [-0.2, -0.15) is 5.10 Å². The Morgan fingerprint density at radius 1 is 1.50 bits per heavy atom. The van der Waals surface area contributed by atoms with E-state index in [0.717, 1.165) is 12.8 Å². The lowest BCUT2D eigenvalue weighted by Crippen LogP contribution is -2.40. The molecular formula is C12H18N4O2. The van der Waals surface area contributed by atoms with Gasteiger partial charge < -0.3 is 10.6 Å². The summed E-state index contributed by atoms with van der Waals surface area (Å²) in [6, 6.07) is 2.14. The Morgan fingerprint density at radius 3 is 2.89 bits per heavy atom. The number of hydrogen-bond donors (Lipinski definition) is 2. The van der Waals surface area contributed by atoms with Crippen LogP contribution in [0.15, 0.2) is 18.5 Å². The van der Waals surface area contributed by atoms with Gasteiger partial charge >= 0.3 is 0 Å². The number of carbonyl (C=O) groups excluding carboxylic acids is 2. The standard InChI is InChI=1S/C12H18N4O2/c1-9(8-16-6-2-5-14-16)12(18)13-7-11(17)15-10-3-4-10/h2,5-6,9-10H,3-4,7-8H2,1H3,(H,13,18)(H,15,17). The fraction of sp³-hybridized carbons (Fsp3) is 0.583. The molecule has 0 spiro atoms. The smallest absolute Gasteiger partial charge is 0.239 e. The predicted molar refractivity (Wildman–Crippen MR) is 65.6 cm³/mol. The molecule has 0 saturated heterocycles. The molecule has 1 aromatic heterocycles. The molecule has 6 heteroatoms. The third-order valence-corrected chi connectivity index (χ3v) is 2.83. The van der Waals surface area contributed by atoms with Gasteiger partial charge in [0, 0.05) is 18.4 Å². The fourth-order valence-electron chi connectivity index (χ4n) is 1.62. The molecule has 1 aromatic rings. The van der Waals surface area contributed by atoms with Crippen LogP contribution in [0.4, 0.5) is 0 Å². The molecule has 98 valence electrons. The maximum atomic E-state index is 11.7. The van der Waals surface area contributed by atoms with Crippen molar-refractivity contribution in [2.24, 2.45) is 5.92 Å². The SMILES string of the molecule is CC(Cn1cccn1)C(=O)NCC(=O)NC1CC1. The molecule has 1 fully saturated rings. The van der Waals surface area contributed by atoms with Crippen LogP contribution in [0.5, 0.6) is 0 Å². The second-order valence-electron chi connectivity index (χ2n) is 4.69. The van der Waals surface area contributed by atoms with E-state index in [-0.39, 0.29) is 24.3 Å². The summed E-state index contributed by atoms with van der Waals surface area (Å²) in [5.74, 6) is -0.452. The minimum Gasteiger partial charge on any atom is -0.352 e. The molecule has 1 unspecified atom stereocenters. The van der Waals surface area contributed by atoms with Crippen molar-refractivity contribution < 1.29 is 9.59 Å². The summed E-state index contributed by atoms with van der Waals surface area (Å²) in [6.45, 7) is 2.39. The third kappa shape index (κ3) is 3.87. The molecule has 2 rings (SSSR count). The summed E-state index contributed by atoms with van der Waals surface area (Å²) >= 11 is 0. The van der Waals surface area contributed by atoms with E-state index in [0.29, 0.717) is 12.6 Å². The van der Waals surface area contributed by atoms with Crippen LogP contribution < -0.4 is 10.6 Å². The van der Waals surface area contributed by atoms with Crippen molar-refractivity contribution in [1.82, 2.24) is 20.4 Å². The van der Waals surface area contributed by atoms with Gasteiger partial charge in [-0.25, -0.2) is 0 Å². The Labute approximate surface area is 106 Å². The van der Waals surface area contributed by atoms with Crippen LogP contribution in [0.1, 0.15) is 19.8 Å². The van der Waals surface area contributed by atoms with E-state index in [2.05, 4.69) is 15.7 Å². The average Bonchev–Trinajstić information content (AvgIpc) is 3.00. The molecule has 1 saturated carbocycles.